The Morgan fingerprint density at radius 2 is 1.76 bits per heavy atom. The number of hydrogen-bond donors (Lipinski definition) is 0. The van der Waals surface area contributed by atoms with Crippen LogP contribution in [0.2, 0.25) is 0 Å². The molecule has 2 fully saturated rings. The van der Waals surface area contributed by atoms with Gasteiger partial charge in [0, 0.05) is 11.6 Å². The first-order chi connectivity index (χ1) is 12.1. The van der Waals surface area contributed by atoms with Crippen molar-refractivity contribution in [2.45, 2.75) is 64.9 Å². The van der Waals surface area contributed by atoms with Crippen LogP contribution in [-0.2, 0) is 0 Å². The van der Waals surface area contributed by atoms with Crippen molar-refractivity contribution in [2.75, 3.05) is 14.2 Å². The fourth-order valence-electron chi connectivity index (χ4n) is 4.56. The number of fused-ring (bicyclic) bond motifs is 1. The SMILES string of the molecule is COc1cc(/C=C2/CCCC3CCCCC23)c(OC)c(OC(C)C)c1. The van der Waals surface area contributed by atoms with E-state index in [0.717, 1.165) is 34.6 Å². The summed E-state index contributed by atoms with van der Waals surface area (Å²) in [4.78, 5) is 0. The van der Waals surface area contributed by atoms with E-state index in [1.54, 1.807) is 19.8 Å². The van der Waals surface area contributed by atoms with Crippen molar-refractivity contribution in [3.63, 3.8) is 0 Å². The van der Waals surface area contributed by atoms with Gasteiger partial charge in [0.05, 0.1) is 20.3 Å². The van der Waals surface area contributed by atoms with Gasteiger partial charge in [-0.15, -0.1) is 0 Å². The van der Waals surface area contributed by atoms with Crippen molar-refractivity contribution in [2.24, 2.45) is 11.8 Å². The van der Waals surface area contributed by atoms with Crippen molar-refractivity contribution in [3.05, 3.63) is 23.3 Å². The monoisotopic (exact) mass is 344 g/mol. The number of rotatable bonds is 5. The Hall–Kier alpha value is -1.64. The summed E-state index contributed by atoms with van der Waals surface area (Å²) in [5.41, 5.74) is 2.68. The summed E-state index contributed by atoms with van der Waals surface area (Å²) in [7, 11) is 3.43. The molecule has 2 aliphatic rings. The molecule has 1 aromatic carbocycles. The summed E-state index contributed by atoms with van der Waals surface area (Å²) in [6, 6.07) is 4.00. The topological polar surface area (TPSA) is 27.7 Å². The molecule has 3 heteroatoms. The van der Waals surface area contributed by atoms with E-state index < -0.39 is 0 Å². The first-order valence-electron chi connectivity index (χ1n) is 9.75. The highest BCUT2D eigenvalue weighted by Crippen LogP contribution is 2.45. The molecule has 0 heterocycles. The molecule has 3 nitrogen and oxygen atoms in total. The molecule has 0 radical (unpaired) electrons. The van der Waals surface area contributed by atoms with Crippen molar-refractivity contribution >= 4 is 6.08 Å². The molecule has 2 unspecified atom stereocenters. The minimum atomic E-state index is 0.0962. The van der Waals surface area contributed by atoms with Gasteiger partial charge in [-0.3, -0.25) is 0 Å². The van der Waals surface area contributed by atoms with Gasteiger partial charge >= 0.3 is 0 Å². The third-order valence-corrected chi connectivity index (χ3v) is 5.63. The lowest BCUT2D eigenvalue weighted by molar-refractivity contribution is 0.224. The van der Waals surface area contributed by atoms with Gasteiger partial charge in [-0.25, -0.2) is 0 Å². The lowest BCUT2D eigenvalue weighted by Gasteiger charge is -2.37. The summed E-state index contributed by atoms with van der Waals surface area (Å²) in [5.74, 6) is 4.04. The van der Waals surface area contributed by atoms with Crippen LogP contribution in [0.3, 0.4) is 0 Å². The Morgan fingerprint density at radius 1 is 1.00 bits per heavy atom. The third-order valence-electron chi connectivity index (χ3n) is 5.63. The second-order valence-corrected chi connectivity index (χ2v) is 7.68. The zero-order chi connectivity index (χ0) is 17.8. The predicted molar refractivity (Wildman–Crippen MR) is 103 cm³/mol. The van der Waals surface area contributed by atoms with Gasteiger partial charge in [-0.05, 0) is 63.9 Å². The summed E-state index contributed by atoms with van der Waals surface area (Å²) in [5, 5.41) is 0. The van der Waals surface area contributed by atoms with Gasteiger partial charge in [-0.2, -0.15) is 0 Å². The molecule has 0 spiro atoms. The van der Waals surface area contributed by atoms with Gasteiger partial charge in [-0.1, -0.05) is 24.5 Å². The van der Waals surface area contributed by atoms with E-state index in [4.69, 9.17) is 14.2 Å². The van der Waals surface area contributed by atoms with E-state index in [9.17, 15) is 0 Å². The van der Waals surface area contributed by atoms with Crippen LogP contribution < -0.4 is 14.2 Å². The van der Waals surface area contributed by atoms with Crippen LogP contribution in [0.25, 0.3) is 6.08 Å². The standard InChI is InChI=1S/C22H32O3/c1-15(2)25-21-14-19(23-3)13-18(22(21)24-4)12-17-10-7-9-16-8-5-6-11-20(16)17/h12-16,20H,5-11H2,1-4H3/b17-12-. The minimum absolute atomic E-state index is 0.0962. The van der Waals surface area contributed by atoms with Gasteiger partial charge in [0.15, 0.2) is 11.5 Å². The Kier molecular flexibility index (Phi) is 5.93. The molecule has 2 saturated carbocycles. The fraction of sp³-hybridized carbons (Fsp3) is 0.636. The van der Waals surface area contributed by atoms with Crippen LogP contribution in [0.1, 0.15) is 64.4 Å². The largest absolute Gasteiger partial charge is 0.497 e. The molecular formula is C22H32O3. The van der Waals surface area contributed by atoms with Gasteiger partial charge in [0.25, 0.3) is 0 Å². The highest BCUT2D eigenvalue weighted by atomic mass is 16.5. The molecule has 0 bridgehead atoms. The van der Waals surface area contributed by atoms with Crippen LogP contribution in [-0.4, -0.2) is 20.3 Å². The Balaban J connectivity index is 1.99. The van der Waals surface area contributed by atoms with Crippen molar-refractivity contribution in [3.8, 4) is 17.2 Å². The van der Waals surface area contributed by atoms with E-state index in [1.165, 1.54) is 44.9 Å². The molecule has 0 aliphatic heterocycles. The lowest BCUT2D eigenvalue weighted by Crippen LogP contribution is -2.25. The lowest BCUT2D eigenvalue weighted by atomic mass is 9.68. The predicted octanol–water partition coefficient (Wildman–Crippen LogP) is 5.86. The van der Waals surface area contributed by atoms with Crippen LogP contribution in [0, 0.1) is 11.8 Å². The summed E-state index contributed by atoms with van der Waals surface area (Å²) in [6.45, 7) is 4.07. The summed E-state index contributed by atoms with van der Waals surface area (Å²) >= 11 is 0. The highest BCUT2D eigenvalue weighted by molar-refractivity contribution is 5.67. The van der Waals surface area contributed by atoms with Crippen molar-refractivity contribution < 1.29 is 14.2 Å². The van der Waals surface area contributed by atoms with Crippen molar-refractivity contribution in [1.29, 1.82) is 0 Å². The van der Waals surface area contributed by atoms with Crippen LogP contribution in [0.15, 0.2) is 17.7 Å². The smallest absolute Gasteiger partial charge is 0.168 e. The Morgan fingerprint density at radius 3 is 2.48 bits per heavy atom. The number of benzene rings is 1. The second kappa shape index (κ2) is 8.16. The molecule has 0 N–H and O–H groups in total. The molecule has 2 aliphatic carbocycles. The zero-order valence-corrected chi connectivity index (χ0v) is 16.1. The number of allylic oxidation sites excluding steroid dienone is 1. The first kappa shape index (κ1) is 18.2. The van der Waals surface area contributed by atoms with E-state index in [-0.39, 0.29) is 6.10 Å². The first-order valence-corrected chi connectivity index (χ1v) is 9.75. The molecule has 1 aromatic rings. The Labute approximate surface area is 152 Å². The molecule has 0 amide bonds. The summed E-state index contributed by atoms with van der Waals surface area (Å²) < 4.78 is 17.2. The maximum atomic E-state index is 5.98. The average molecular weight is 344 g/mol. The number of methoxy groups -OCH3 is 2. The zero-order valence-electron chi connectivity index (χ0n) is 16.1. The van der Waals surface area contributed by atoms with Crippen LogP contribution in [0.4, 0.5) is 0 Å². The van der Waals surface area contributed by atoms with Crippen LogP contribution in [0.5, 0.6) is 17.2 Å². The van der Waals surface area contributed by atoms with Gasteiger partial charge in [0.1, 0.15) is 5.75 Å². The highest BCUT2D eigenvalue weighted by Gasteiger charge is 2.31. The van der Waals surface area contributed by atoms with E-state index in [0.29, 0.717) is 0 Å². The molecule has 3 rings (SSSR count). The maximum Gasteiger partial charge on any atom is 0.168 e. The van der Waals surface area contributed by atoms with E-state index in [2.05, 4.69) is 12.1 Å². The third kappa shape index (κ3) is 4.13. The van der Waals surface area contributed by atoms with Crippen LogP contribution >= 0.6 is 0 Å². The normalized spacial score (nSPS) is 24.9. The average Bonchev–Trinajstić information content (AvgIpc) is 2.61. The number of ether oxygens (including phenoxy) is 3. The fourth-order valence-corrected chi connectivity index (χ4v) is 4.56. The van der Waals surface area contributed by atoms with Gasteiger partial charge < -0.3 is 14.2 Å². The molecule has 0 saturated heterocycles. The maximum absolute atomic E-state index is 5.98. The second-order valence-electron chi connectivity index (χ2n) is 7.68. The molecule has 0 aromatic heterocycles. The van der Waals surface area contributed by atoms with Gasteiger partial charge in [0.2, 0.25) is 0 Å². The van der Waals surface area contributed by atoms with Crippen molar-refractivity contribution in [1.82, 2.24) is 0 Å². The van der Waals surface area contributed by atoms with E-state index in [1.807, 2.05) is 19.9 Å². The van der Waals surface area contributed by atoms with E-state index >= 15 is 0 Å². The molecule has 2 atom stereocenters. The quantitative estimate of drug-likeness (QED) is 0.669. The molecule has 25 heavy (non-hydrogen) atoms. The Bertz CT molecular complexity index is 616. The molecular weight excluding hydrogens is 312 g/mol. The minimum Gasteiger partial charge on any atom is -0.497 e. The molecule has 138 valence electrons. The summed E-state index contributed by atoms with van der Waals surface area (Å²) in [6.07, 6.45) is 11.9. The number of hydrogen-bond acceptors (Lipinski definition) is 3.